The molecule has 4 nitrogen and oxygen atoms in total. The van der Waals surface area contributed by atoms with E-state index < -0.39 is 0 Å². The van der Waals surface area contributed by atoms with Gasteiger partial charge in [0.1, 0.15) is 0 Å². The first-order valence-corrected chi connectivity index (χ1v) is 7.16. The maximum Gasteiger partial charge on any atom is 0.253 e. The summed E-state index contributed by atoms with van der Waals surface area (Å²) in [5, 5.41) is 4.40. The Morgan fingerprint density at radius 3 is 2.80 bits per heavy atom. The highest BCUT2D eigenvalue weighted by atomic mass is 35.5. The topological polar surface area (TPSA) is 43.1 Å². The zero-order chi connectivity index (χ0) is 15.0. The standard InChI is InChI=1S/C15H21ClN4/c1-5-7-8-13(6-2)9-10-20-15(17-11-16)18-14(19-20)12(3)4/h6,8-12H,2,5,7H2,1,3-4H3/b10-9+,13-8+,17-11+. The van der Waals surface area contributed by atoms with Crippen LogP contribution in [0.3, 0.4) is 0 Å². The Hall–Kier alpha value is -1.68. The van der Waals surface area contributed by atoms with E-state index in [0.29, 0.717) is 5.95 Å². The van der Waals surface area contributed by atoms with Crippen molar-refractivity contribution in [1.29, 1.82) is 0 Å². The first-order valence-electron chi connectivity index (χ1n) is 6.72. The Kier molecular flexibility index (Phi) is 6.94. The smallest absolute Gasteiger partial charge is 0.207 e. The third kappa shape index (κ3) is 4.78. The van der Waals surface area contributed by atoms with Crippen molar-refractivity contribution in [3.05, 3.63) is 36.2 Å². The van der Waals surface area contributed by atoms with Gasteiger partial charge in [-0.05, 0) is 18.1 Å². The van der Waals surface area contributed by atoms with Crippen LogP contribution in [0.25, 0.3) is 6.20 Å². The molecule has 1 aromatic heterocycles. The van der Waals surface area contributed by atoms with Gasteiger partial charge in [0.2, 0.25) is 0 Å². The SMILES string of the molecule is C=CC(/C=C/n1nc(C(C)C)nc1/N=C/Cl)=C\CCC. The molecule has 0 aliphatic carbocycles. The van der Waals surface area contributed by atoms with Crippen LogP contribution < -0.4 is 0 Å². The fourth-order valence-electron chi connectivity index (χ4n) is 1.49. The third-order valence-electron chi connectivity index (χ3n) is 2.62. The lowest BCUT2D eigenvalue weighted by Gasteiger charge is -1.96. The fraction of sp³-hybridized carbons (Fsp3) is 0.400. The normalized spacial score (nSPS) is 12.9. The van der Waals surface area contributed by atoms with Crippen LogP contribution in [0, 0.1) is 0 Å². The molecule has 0 fully saturated rings. The van der Waals surface area contributed by atoms with Gasteiger partial charge in [-0.2, -0.15) is 4.98 Å². The summed E-state index contributed by atoms with van der Waals surface area (Å²) in [5.41, 5.74) is 2.24. The summed E-state index contributed by atoms with van der Waals surface area (Å²) in [7, 11) is 0. The van der Waals surface area contributed by atoms with E-state index in [1.165, 1.54) is 5.67 Å². The largest absolute Gasteiger partial charge is 0.253 e. The second-order valence-corrected chi connectivity index (χ2v) is 4.80. The number of nitrogens with zero attached hydrogens (tertiary/aromatic N) is 4. The van der Waals surface area contributed by atoms with Gasteiger partial charge in [-0.15, -0.1) is 5.10 Å². The highest BCUT2D eigenvalue weighted by Gasteiger charge is 2.09. The predicted octanol–water partition coefficient (Wildman–Crippen LogP) is 4.68. The van der Waals surface area contributed by atoms with Crippen molar-refractivity contribution in [1.82, 2.24) is 14.8 Å². The van der Waals surface area contributed by atoms with Crippen LogP contribution >= 0.6 is 11.6 Å². The van der Waals surface area contributed by atoms with Gasteiger partial charge in [0.15, 0.2) is 5.82 Å². The zero-order valence-corrected chi connectivity index (χ0v) is 13.0. The van der Waals surface area contributed by atoms with Crippen molar-refractivity contribution >= 4 is 29.4 Å². The lowest BCUT2D eigenvalue weighted by Crippen LogP contribution is -1.93. The molecule has 20 heavy (non-hydrogen) atoms. The molecule has 0 N–H and O–H groups in total. The molecule has 1 heterocycles. The summed E-state index contributed by atoms with van der Waals surface area (Å²) in [6.45, 7) is 10.0. The number of unbranched alkanes of at least 4 members (excludes halogenated alkanes) is 1. The molecule has 5 heteroatoms. The van der Waals surface area contributed by atoms with Crippen LogP contribution in [0.5, 0.6) is 0 Å². The van der Waals surface area contributed by atoms with Gasteiger partial charge in [-0.25, -0.2) is 9.67 Å². The van der Waals surface area contributed by atoms with E-state index in [4.69, 9.17) is 11.6 Å². The number of aliphatic imine (C=N–C) groups is 1. The molecule has 0 bridgehead atoms. The average Bonchev–Trinajstić information content (AvgIpc) is 2.83. The maximum absolute atomic E-state index is 5.53. The van der Waals surface area contributed by atoms with Crippen molar-refractivity contribution in [2.75, 3.05) is 0 Å². The molecule has 0 saturated carbocycles. The molecule has 0 atom stereocenters. The Balaban J connectivity index is 3.03. The Bertz CT molecular complexity index is 524. The van der Waals surface area contributed by atoms with Crippen LogP contribution in [0.4, 0.5) is 5.95 Å². The minimum absolute atomic E-state index is 0.239. The number of allylic oxidation sites excluding steroid dienone is 4. The van der Waals surface area contributed by atoms with Crippen LogP contribution in [-0.4, -0.2) is 20.4 Å². The van der Waals surface area contributed by atoms with Crippen molar-refractivity contribution < 1.29 is 0 Å². The van der Waals surface area contributed by atoms with Crippen LogP contribution in [0.2, 0.25) is 0 Å². The van der Waals surface area contributed by atoms with Gasteiger partial charge in [0, 0.05) is 12.1 Å². The fourth-order valence-corrected chi connectivity index (χ4v) is 1.58. The van der Waals surface area contributed by atoms with Gasteiger partial charge in [0.05, 0.1) is 5.67 Å². The lowest BCUT2D eigenvalue weighted by atomic mass is 10.2. The van der Waals surface area contributed by atoms with Gasteiger partial charge in [-0.1, -0.05) is 57.5 Å². The first-order chi connectivity index (χ1) is 9.62. The average molecular weight is 293 g/mol. The molecule has 0 amide bonds. The molecule has 1 aromatic rings. The molecule has 0 spiro atoms. The van der Waals surface area contributed by atoms with Gasteiger partial charge in [0.25, 0.3) is 5.95 Å². The van der Waals surface area contributed by atoms with E-state index in [-0.39, 0.29) is 5.92 Å². The summed E-state index contributed by atoms with van der Waals surface area (Å²) in [5.74, 6) is 1.45. The molecule has 0 aromatic carbocycles. The Labute approximate surface area is 125 Å². The van der Waals surface area contributed by atoms with Crippen LogP contribution in [-0.2, 0) is 0 Å². The molecule has 108 valence electrons. The minimum Gasteiger partial charge on any atom is -0.207 e. The quantitative estimate of drug-likeness (QED) is 0.541. The second-order valence-electron chi connectivity index (χ2n) is 4.61. The van der Waals surface area contributed by atoms with E-state index >= 15 is 0 Å². The lowest BCUT2D eigenvalue weighted by molar-refractivity contribution is 0.764. The summed E-state index contributed by atoms with van der Waals surface area (Å²) in [6.07, 6.45) is 9.84. The number of aromatic nitrogens is 3. The van der Waals surface area contributed by atoms with Gasteiger partial charge < -0.3 is 0 Å². The van der Waals surface area contributed by atoms with Crippen molar-refractivity contribution in [3.8, 4) is 0 Å². The number of hydrogen-bond donors (Lipinski definition) is 0. The van der Waals surface area contributed by atoms with Crippen molar-refractivity contribution in [2.24, 2.45) is 4.99 Å². The van der Waals surface area contributed by atoms with E-state index in [1.54, 1.807) is 4.68 Å². The van der Waals surface area contributed by atoms with Gasteiger partial charge in [-0.3, -0.25) is 0 Å². The number of rotatable bonds is 7. The highest BCUT2D eigenvalue weighted by Crippen LogP contribution is 2.16. The molecule has 0 unspecified atom stereocenters. The molecule has 0 aliphatic rings. The minimum atomic E-state index is 0.239. The molecule has 0 aliphatic heterocycles. The van der Waals surface area contributed by atoms with E-state index in [9.17, 15) is 0 Å². The first kappa shape index (κ1) is 16.4. The summed E-state index contributed by atoms with van der Waals surface area (Å²) < 4.78 is 1.62. The van der Waals surface area contributed by atoms with Crippen LogP contribution in [0.1, 0.15) is 45.4 Å². The van der Waals surface area contributed by atoms with Crippen molar-refractivity contribution in [2.45, 2.75) is 39.5 Å². The van der Waals surface area contributed by atoms with E-state index in [1.807, 2.05) is 32.2 Å². The summed E-state index contributed by atoms with van der Waals surface area (Å²) in [6, 6.07) is 0. The zero-order valence-electron chi connectivity index (χ0n) is 12.3. The molecule has 0 saturated heterocycles. The Morgan fingerprint density at radius 2 is 2.25 bits per heavy atom. The highest BCUT2D eigenvalue weighted by molar-refractivity contribution is 6.56. The molecular weight excluding hydrogens is 272 g/mol. The molecular formula is C15H21ClN4. The maximum atomic E-state index is 5.53. The third-order valence-corrected chi connectivity index (χ3v) is 2.72. The number of hydrogen-bond acceptors (Lipinski definition) is 3. The predicted molar refractivity (Wildman–Crippen MR) is 86.6 cm³/mol. The van der Waals surface area contributed by atoms with Gasteiger partial charge >= 0.3 is 0 Å². The van der Waals surface area contributed by atoms with E-state index in [0.717, 1.165) is 24.2 Å². The Morgan fingerprint density at radius 1 is 1.50 bits per heavy atom. The second kappa shape index (κ2) is 8.48. The monoisotopic (exact) mass is 292 g/mol. The number of halogens is 1. The van der Waals surface area contributed by atoms with Crippen LogP contribution in [0.15, 0.2) is 35.4 Å². The van der Waals surface area contributed by atoms with Crippen molar-refractivity contribution in [3.63, 3.8) is 0 Å². The van der Waals surface area contributed by atoms with E-state index in [2.05, 4.69) is 34.7 Å². The summed E-state index contributed by atoms with van der Waals surface area (Å²) >= 11 is 5.53. The summed E-state index contributed by atoms with van der Waals surface area (Å²) in [4.78, 5) is 8.35. The molecule has 1 rings (SSSR count). The molecule has 0 radical (unpaired) electrons.